The fraction of sp³-hybridized carbons (Fsp3) is 0.762. The molecule has 34 heavy (non-hydrogen) atoms. The number of imide groups is 1. The summed E-state index contributed by atoms with van der Waals surface area (Å²) in [4.78, 5) is 62.4. The van der Waals surface area contributed by atoms with Crippen molar-refractivity contribution in [3.8, 4) is 0 Å². The number of nitrogens with one attached hydrogen (secondary N) is 3. The van der Waals surface area contributed by atoms with Crippen LogP contribution in [0, 0.1) is 0 Å². The van der Waals surface area contributed by atoms with Gasteiger partial charge in [-0.2, -0.15) is 11.8 Å². The average Bonchev–Trinajstić information content (AvgIpc) is 3.45. The molecular weight excluding hydrogens is 468 g/mol. The molecule has 3 heterocycles. The van der Waals surface area contributed by atoms with E-state index in [1.165, 1.54) is 0 Å². The minimum absolute atomic E-state index is 0.0129. The lowest BCUT2D eigenvalue weighted by Gasteiger charge is -2.16. The first-order valence-electron chi connectivity index (χ1n) is 11.6. The summed E-state index contributed by atoms with van der Waals surface area (Å²) < 4.78 is 10.6. The van der Waals surface area contributed by atoms with Crippen molar-refractivity contribution >= 4 is 41.5 Å². The lowest BCUT2D eigenvalue weighted by molar-refractivity contribution is -0.198. The zero-order valence-corrected chi connectivity index (χ0v) is 19.9. The van der Waals surface area contributed by atoms with Gasteiger partial charge in [0.05, 0.1) is 44.9 Å². The van der Waals surface area contributed by atoms with Crippen LogP contribution in [0.1, 0.15) is 44.9 Å². The predicted molar refractivity (Wildman–Crippen MR) is 120 cm³/mol. The summed E-state index contributed by atoms with van der Waals surface area (Å²) in [5, 5.41) is 9.64. The number of carbonyl (C=O) groups is 5. The highest BCUT2D eigenvalue weighted by Gasteiger charge is 2.42. The molecule has 12 nitrogen and oxygen atoms in total. The first-order valence-corrected chi connectivity index (χ1v) is 12.7. The number of amides is 5. The molecule has 0 bridgehead atoms. The molecule has 0 unspecified atom stereocenters. The molecule has 3 rings (SSSR count). The minimum Gasteiger partial charge on any atom is -0.378 e. The second kappa shape index (κ2) is 13.5. The Labute approximate surface area is 202 Å². The maximum Gasteiger partial charge on any atom is 0.335 e. The standard InChI is InChI=1S/C21H32N4O8S/c26-16(4-2-1-3-15-20-14(13-34-15)23-21(30)24-20)22-8-10-32-12-11-31-9-7-19(29)33-25-17(27)5-6-18(25)28/h14-15,20H,1-13H2,(H,22,26)(H2,23,24,30)/t14-,15-,20-/m0/s1. The highest BCUT2D eigenvalue weighted by Crippen LogP contribution is 2.33. The van der Waals surface area contributed by atoms with Gasteiger partial charge in [0.25, 0.3) is 11.8 Å². The predicted octanol–water partition coefficient (Wildman–Crippen LogP) is -0.141. The van der Waals surface area contributed by atoms with Crippen LogP contribution in [0.2, 0.25) is 0 Å². The quantitative estimate of drug-likeness (QED) is 0.158. The normalized spacial score (nSPS) is 23.6. The van der Waals surface area contributed by atoms with Gasteiger partial charge in [0, 0.05) is 36.8 Å². The Morgan fingerprint density at radius 2 is 1.71 bits per heavy atom. The monoisotopic (exact) mass is 500 g/mol. The molecule has 5 amide bonds. The number of rotatable bonds is 15. The Hall–Kier alpha value is -2.38. The van der Waals surface area contributed by atoms with Crippen molar-refractivity contribution in [3.63, 3.8) is 0 Å². The number of urea groups is 1. The van der Waals surface area contributed by atoms with Gasteiger partial charge in [0.1, 0.15) is 0 Å². The fourth-order valence-corrected chi connectivity index (χ4v) is 5.45. The highest BCUT2D eigenvalue weighted by molar-refractivity contribution is 8.00. The largest absolute Gasteiger partial charge is 0.378 e. The smallest absolute Gasteiger partial charge is 0.335 e. The van der Waals surface area contributed by atoms with Crippen LogP contribution in [0.15, 0.2) is 0 Å². The molecule has 0 aromatic rings. The Kier molecular flexibility index (Phi) is 10.4. The van der Waals surface area contributed by atoms with Crippen molar-refractivity contribution in [2.45, 2.75) is 62.3 Å². The lowest BCUT2D eigenvalue weighted by atomic mass is 10.0. The number of hydrogen-bond acceptors (Lipinski definition) is 9. The van der Waals surface area contributed by atoms with Crippen molar-refractivity contribution in [2.75, 3.05) is 38.7 Å². The van der Waals surface area contributed by atoms with E-state index in [-0.39, 0.29) is 56.5 Å². The first-order chi connectivity index (χ1) is 16.4. The molecule has 0 radical (unpaired) electrons. The topological polar surface area (TPSA) is 152 Å². The molecular formula is C21H32N4O8S. The third-order valence-electron chi connectivity index (χ3n) is 5.67. The second-order valence-corrected chi connectivity index (χ2v) is 9.51. The van der Waals surface area contributed by atoms with E-state index >= 15 is 0 Å². The second-order valence-electron chi connectivity index (χ2n) is 8.24. The van der Waals surface area contributed by atoms with Gasteiger partial charge in [-0.05, 0) is 12.8 Å². The van der Waals surface area contributed by atoms with Gasteiger partial charge in [0.15, 0.2) is 0 Å². The van der Waals surface area contributed by atoms with E-state index in [1.807, 2.05) is 11.8 Å². The van der Waals surface area contributed by atoms with Gasteiger partial charge in [-0.25, -0.2) is 9.59 Å². The van der Waals surface area contributed by atoms with Gasteiger partial charge in [-0.3, -0.25) is 14.4 Å². The van der Waals surface area contributed by atoms with E-state index in [0.29, 0.717) is 36.5 Å². The van der Waals surface area contributed by atoms with Gasteiger partial charge in [-0.1, -0.05) is 6.42 Å². The molecule has 0 aliphatic carbocycles. The third kappa shape index (κ3) is 8.13. The molecule has 3 aliphatic rings. The molecule has 3 N–H and O–H groups in total. The van der Waals surface area contributed by atoms with Crippen LogP contribution in [0.3, 0.4) is 0 Å². The van der Waals surface area contributed by atoms with Crippen LogP contribution in [0.4, 0.5) is 4.79 Å². The van der Waals surface area contributed by atoms with Crippen molar-refractivity contribution in [3.05, 3.63) is 0 Å². The third-order valence-corrected chi connectivity index (χ3v) is 7.18. The summed E-state index contributed by atoms with van der Waals surface area (Å²) >= 11 is 1.88. The van der Waals surface area contributed by atoms with Crippen LogP contribution < -0.4 is 16.0 Å². The summed E-state index contributed by atoms with van der Waals surface area (Å²) in [6, 6.07) is 0.350. The maximum atomic E-state index is 11.9. The molecule has 0 aromatic carbocycles. The summed E-state index contributed by atoms with van der Waals surface area (Å²) in [7, 11) is 0. The zero-order valence-electron chi connectivity index (χ0n) is 19.0. The molecule has 3 saturated heterocycles. The average molecular weight is 501 g/mol. The first kappa shape index (κ1) is 26.2. The molecule has 190 valence electrons. The SMILES string of the molecule is O=C(CCCC[C@@H]1SC[C@@H]2NC(=O)N[C@@H]21)NCCOCCOCCC(=O)ON1C(=O)CCC1=O. The Bertz CT molecular complexity index is 751. The highest BCUT2D eigenvalue weighted by atomic mass is 32.2. The Morgan fingerprint density at radius 1 is 0.971 bits per heavy atom. The lowest BCUT2D eigenvalue weighted by Crippen LogP contribution is -2.36. The van der Waals surface area contributed by atoms with E-state index in [0.717, 1.165) is 25.0 Å². The van der Waals surface area contributed by atoms with E-state index in [2.05, 4.69) is 16.0 Å². The van der Waals surface area contributed by atoms with Crippen molar-refractivity contribution in [1.29, 1.82) is 0 Å². The zero-order chi connectivity index (χ0) is 24.3. The van der Waals surface area contributed by atoms with Crippen molar-refractivity contribution < 1.29 is 38.3 Å². The number of carbonyl (C=O) groups excluding carboxylic acids is 5. The Morgan fingerprint density at radius 3 is 2.47 bits per heavy atom. The van der Waals surface area contributed by atoms with Crippen LogP contribution in [0.5, 0.6) is 0 Å². The number of hydrogen-bond donors (Lipinski definition) is 3. The molecule has 13 heteroatoms. The molecule has 0 saturated carbocycles. The number of fused-ring (bicyclic) bond motifs is 1. The van der Waals surface area contributed by atoms with Crippen molar-refractivity contribution in [1.82, 2.24) is 21.0 Å². The van der Waals surface area contributed by atoms with Crippen LogP contribution in [0.25, 0.3) is 0 Å². The number of ether oxygens (including phenoxy) is 2. The van der Waals surface area contributed by atoms with Gasteiger partial charge < -0.3 is 30.3 Å². The minimum atomic E-state index is -0.708. The number of hydroxylamine groups is 2. The van der Waals surface area contributed by atoms with E-state index in [4.69, 9.17) is 14.3 Å². The van der Waals surface area contributed by atoms with Crippen LogP contribution in [-0.2, 0) is 33.5 Å². The van der Waals surface area contributed by atoms with Crippen molar-refractivity contribution in [2.24, 2.45) is 0 Å². The molecule has 3 atom stereocenters. The van der Waals surface area contributed by atoms with E-state index < -0.39 is 17.8 Å². The fourth-order valence-electron chi connectivity index (χ4n) is 3.91. The van der Waals surface area contributed by atoms with Gasteiger partial charge in [0.2, 0.25) is 5.91 Å². The van der Waals surface area contributed by atoms with Gasteiger partial charge >= 0.3 is 12.0 Å². The molecule has 0 spiro atoms. The number of thioether (sulfide) groups is 1. The number of nitrogens with zero attached hydrogens (tertiary/aromatic N) is 1. The van der Waals surface area contributed by atoms with Crippen LogP contribution >= 0.6 is 11.8 Å². The number of unbranched alkanes of at least 4 members (excludes halogenated alkanes) is 1. The van der Waals surface area contributed by atoms with Gasteiger partial charge in [-0.15, -0.1) is 5.06 Å². The summed E-state index contributed by atoms with van der Waals surface area (Å²) in [6.45, 7) is 1.41. The Balaban J connectivity index is 1.09. The summed E-state index contributed by atoms with van der Waals surface area (Å²) in [6.07, 6.45) is 3.22. The van der Waals surface area contributed by atoms with E-state index in [9.17, 15) is 24.0 Å². The maximum absolute atomic E-state index is 11.9. The summed E-state index contributed by atoms with van der Waals surface area (Å²) in [5.41, 5.74) is 0. The van der Waals surface area contributed by atoms with E-state index in [1.54, 1.807) is 0 Å². The summed E-state index contributed by atoms with van der Waals surface area (Å²) in [5.74, 6) is -0.810. The molecule has 3 fully saturated rings. The molecule has 0 aromatic heterocycles. The van der Waals surface area contributed by atoms with Crippen LogP contribution in [-0.4, -0.2) is 90.8 Å². The molecule has 3 aliphatic heterocycles.